The second-order valence-electron chi connectivity index (χ2n) is 4.16. The Bertz CT molecular complexity index is 522. The molecule has 6 heteroatoms. The Kier molecular flexibility index (Phi) is 2.93. The summed E-state index contributed by atoms with van der Waals surface area (Å²) in [5.41, 5.74) is 0.778. The number of hydrogen-bond donors (Lipinski definition) is 1. The van der Waals surface area contributed by atoms with Crippen molar-refractivity contribution in [2.45, 2.75) is 6.04 Å². The van der Waals surface area contributed by atoms with Gasteiger partial charge in [0, 0.05) is 24.7 Å². The van der Waals surface area contributed by atoms with E-state index in [1.165, 1.54) is 6.33 Å². The lowest BCUT2D eigenvalue weighted by Gasteiger charge is -2.39. The van der Waals surface area contributed by atoms with Crippen LogP contribution in [0, 0.1) is 0 Å². The molecule has 0 bridgehead atoms. The van der Waals surface area contributed by atoms with Gasteiger partial charge in [-0.25, -0.2) is 9.97 Å². The summed E-state index contributed by atoms with van der Waals surface area (Å²) in [5.74, 6) is 0.912. The number of carbonyl (C=O) groups is 1. The Hall–Kier alpha value is -1.95. The molecule has 1 aliphatic rings. The van der Waals surface area contributed by atoms with Crippen LogP contribution in [0.5, 0.6) is 0 Å². The molecule has 0 spiro atoms. The number of anilines is 1. The van der Waals surface area contributed by atoms with E-state index >= 15 is 0 Å². The van der Waals surface area contributed by atoms with Gasteiger partial charge in [0.25, 0.3) is 5.91 Å². The Morgan fingerprint density at radius 3 is 3.00 bits per heavy atom. The first-order valence-electron chi connectivity index (χ1n) is 5.67. The Morgan fingerprint density at radius 2 is 2.33 bits per heavy atom. The van der Waals surface area contributed by atoms with E-state index in [-0.39, 0.29) is 11.9 Å². The standard InChI is InChI=1S/C12H12N4OS/c17-12(9-2-4-18-7-9)16-5-10(6-16)15-11-1-3-13-8-14-11/h1-4,7-8,10H,5-6H2,(H,13,14,15). The first-order valence-corrected chi connectivity index (χ1v) is 6.61. The van der Waals surface area contributed by atoms with Gasteiger partial charge in [-0.3, -0.25) is 4.79 Å². The Labute approximate surface area is 108 Å². The monoisotopic (exact) mass is 260 g/mol. The van der Waals surface area contributed by atoms with Crippen LogP contribution < -0.4 is 5.32 Å². The fourth-order valence-electron chi connectivity index (χ4n) is 1.89. The van der Waals surface area contributed by atoms with E-state index in [0.717, 1.165) is 24.5 Å². The van der Waals surface area contributed by atoms with Crippen molar-refractivity contribution < 1.29 is 4.79 Å². The van der Waals surface area contributed by atoms with Gasteiger partial charge in [0.05, 0.1) is 11.6 Å². The van der Waals surface area contributed by atoms with Crippen LogP contribution in [0.15, 0.2) is 35.4 Å². The molecule has 1 aliphatic heterocycles. The average Bonchev–Trinajstić information content (AvgIpc) is 2.87. The number of likely N-dealkylation sites (tertiary alicyclic amines) is 1. The molecule has 0 unspecified atom stereocenters. The molecule has 0 aliphatic carbocycles. The van der Waals surface area contributed by atoms with Crippen LogP contribution in [0.2, 0.25) is 0 Å². The van der Waals surface area contributed by atoms with Crippen molar-refractivity contribution in [3.8, 4) is 0 Å². The van der Waals surface area contributed by atoms with E-state index < -0.39 is 0 Å². The molecule has 0 atom stereocenters. The summed E-state index contributed by atoms with van der Waals surface area (Å²) in [7, 11) is 0. The molecular weight excluding hydrogens is 248 g/mol. The minimum Gasteiger partial charge on any atom is -0.364 e. The fraction of sp³-hybridized carbons (Fsp3) is 0.250. The zero-order valence-corrected chi connectivity index (χ0v) is 10.4. The lowest BCUT2D eigenvalue weighted by molar-refractivity contribution is 0.0625. The first kappa shape index (κ1) is 11.2. The molecule has 0 aromatic carbocycles. The molecule has 92 valence electrons. The van der Waals surface area contributed by atoms with Crippen LogP contribution in [-0.2, 0) is 0 Å². The maximum Gasteiger partial charge on any atom is 0.254 e. The van der Waals surface area contributed by atoms with Crippen molar-refractivity contribution in [2.24, 2.45) is 0 Å². The molecule has 3 rings (SSSR count). The van der Waals surface area contributed by atoms with Crippen molar-refractivity contribution in [1.82, 2.24) is 14.9 Å². The van der Waals surface area contributed by atoms with Crippen molar-refractivity contribution in [3.63, 3.8) is 0 Å². The third-order valence-corrected chi connectivity index (χ3v) is 3.55. The van der Waals surface area contributed by atoms with E-state index in [2.05, 4.69) is 15.3 Å². The molecule has 5 nitrogen and oxygen atoms in total. The molecule has 0 radical (unpaired) electrons. The van der Waals surface area contributed by atoms with Gasteiger partial charge in [0.15, 0.2) is 0 Å². The quantitative estimate of drug-likeness (QED) is 0.908. The van der Waals surface area contributed by atoms with Crippen molar-refractivity contribution in [3.05, 3.63) is 41.0 Å². The van der Waals surface area contributed by atoms with E-state index in [4.69, 9.17) is 0 Å². The smallest absolute Gasteiger partial charge is 0.254 e. The average molecular weight is 260 g/mol. The highest BCUT2D eigenvalue weighted by atomic mass is 32.1. The lowest BCUT2D eigenvalue weighted by Crippen LogP contribution is -2.57. The molecular formula is C12H12N4OS. The molecule has 18 heavy (non-hydrogen) atoms. The van der Waals surface area contributed by atoms with Crippen LogP contribution in [0.1, 0.15) is 10.4 Å². The zero-order chi connectivity index (χ0) is 12.4. The van der Waals surface area contributed by atoms with Gasteiger partial charge in [0.2, 0.25) is 0 Å². The summed E-state index contributed by atoms with van der Waals surface area (Å²) in [4.78, 5) is 21.8. The van der Waals surface area contributed by atoms with Gasteiger partial charge in [-0.15, -0.1) is 0 Å². The van der Waals surface area contributed by atoms with Crippen LogP contribution in [0.25, 0.3) is 0 Å². The molecule has 1 fully saturated rings. The van der Waals surface area contributed by atoms with Crippen molar-refractivity contribution in [2.75, 3.05) is 18.4 Å². The number of carbonyl (C=O) groups excluding carboxylic acids is 1. The minimum absolute atomic E-state index is 0.108. The Balaban J connectivity index is 1.53. The number of nitrogens with one attached hydrogen (secondary N) is 1. The summed E-state index contributed by atoms with van der Waals surface area (Å²) in [5, 5.41) is 7.07. The SMILES string of the molecule is O=C(c1ccsc1)N1CC(Nc2ccncn2)C1. The number of aromatic nitrogens is 2. The molecule has 1 N–H and O–H groups in total. The van der Waals surface area contributed by atoms with Crippen LogP contribution in [0.4, 0.5) is 5.82 Å². The number of amides is 1. The Morgan fingerprint density at radius 1 is 1.44 bits per heavy atom. The highest BCUT2D eigenvalue weighted by Gasteiger charge is 2.31. The van der Waals surface area contributed by atoms with Crippen molar-refractivity contribution >= 4 is 23.1 Å². The van der Waals surface area contributed by atoms with Gasteiger partial charge >= 0.3 is 0 Å². The van der Waals surface area contributed by atoms with E-state index in [9.17, 15) is 4.79 Å². The highest BCUT2D eigenvalue weighted by Crippen LogP contribution is 2.17. The van der Waals surface area contributed by atoms with Crippen molar-refractivity contribution in [1.29, 1.82) is 0 Å². The second-order valence-corrected chi connectivity index (χ2v) is 4.94. The number of nitrogens with zero attached hydrogens (tertiary/aromatic N) is 3. The number of rotatable bonds is 3. The summed E-state index contributed by atoms with van der Waals surface area (Å²) in [6.45, 7) is 1.44. The van der Waals surface area contributed by atoms with Crippen LogP contribution in [0.3, 0.4) is 0 Å². The summed E-state index contributed by atoms with van der Waals surface area (Å²) in [6, 6.07) is 3.96. The lowest BCUT2D eigenvalue weighted by atomic mass is 10.1. The summed E-state index contributed by atoms with van der Waals surface area (Å²) < 4.78 is 0. The highest BCUT2D eigenvalue weighted by molar-refractivity contribution is 7.08. The largest absolute Gasteiger partial charge is 0.364 e. The predicted octanol–water partition coefficient (Wildman–Crippen LogP) is 1.47. The molecule has 2 aromatic heterocycles. The number of hydrogen-bond acceptors (Lipinski definition) is 5. The third-order valence-electron chi connectivity index (χ3n) is 2.87. The summed E-state index contributed by atoms with van der Waals surface area (Å²) >= 11 is 1.54. The fourth-order valence-corrected chi connectivity index (χ4v) is 2.52. The van der Waals surface area contributed by atoms with Crippen LogP contribution in [-0.4, -0.2) is 39.9 Å². The molecule has 1 amide bonds. The maximum atomic E-state index is 12.0. The van der Waals surface area contributed by atoms with Gasteiger partial charge in [-0.1, -0.05) is 0 Å². The van der Waals surface area contributed by atoms with E-state index in [1.54, 1.807) is 17.5 Å². The van der Waals surface area contributed by atoms with Gasteiger partial charge < -0.3 is 10.2 Å². The molecule has 1 saturated heterocycles. The summed E-state index contributed by atoms with van der Waals surface area (Å²) in [6.07, 6.45) is 3.21. The maximum absolute atomic E-state index is 12.0. The molecule has 3 heterocycles. The van der Waals surface area contributed by atoms with Gasteiger partial charge in [-0.2, -0.15) is 11.3 Å². The van der Waals surface area contributed by atoms with E-state index in [0.29, 0.717) is 0 Å². The minimum atomic E-state index is 0.108. The second kappa shape index (κ2) is 4.73. The third kappa shape index (κ3) is 2.19. The molecule has 0 saturated carbocycles. The molecule has 2 aromatic rings. The predicted molar refractivity (Wildman–Crippen MR) is 69.7 cm³/mol. The van der Waals surface area contributed by atoms with Gasteiger partial charge in [0.1, 0.15) is 12.1 Å². The normalized spacial score (nSPS) is 15.2. The zero-order valence-electron chi connectivity index (χ0n) is 9.61. The first-order chi connectivity index (χ1) is 8.83. The number of thiophene rings is 1. The van der Waals surface area contributed by atoms with E-state index in [1.807, 2.05) is 27.8 Å². The topological polar surface area (TPSA) is 58.1 Å². The van der Waals surface area contributed by atoms with Crippen LogP contribution >= 0.6 is 11.3 Å². The van der Waals surface area contributed by atoms with Gasteiger partial charge in [-0.05, 0) is 17.5 Å².